The summed E-state index contributed by atoms with van der Waals surface area (Å²) in [6, 6.07) is 11.3. The number of fused-ring (bicyclic) bond motifs is 2. The number of benzene rings is 2. The summed E-state index contributed by atoms with van der Waals surface area (Å²) in [5, 5.41) is 10.5. The first-order chi connectivity index (χ1) is 10.3. The molecular formula is C13H6N4O2S2. The Kier molecular flexibility index (Phi) is 2.90. The minimum atomic E-state index is 0.222. The maximum atomic E-state index is 10.7. The average molecular weight is 314 g/mol. The normalized spacial score (nSPS) is 11.2. The standard InChI is InChI=1S/C13H6N4O2S2/c18-15-8-5-6-10(12-11(8)16-19-17-12)21-13-14-7-3-1-2-4-9(7)20-13/h1-6H. The van der Waals surface area contributed by atoms with Crippen molar-refractivity contribution in [1.82, 2.24) is 15.3 Å². The summed E-state index contributed by atoms with van der Waals surface area (Å²) in [7, 11) is 0. The molecule has 8 heteroatoms. The zero-order valence-electron chi connectivity index (χ0n) is 10.4. The zero-order chi connectivity index (χ0) is 14.2. The maximum Gasteiger partial charge on any atom is 0.165 e. The predicted molar refractivity (Wildman–Crippen MR) is 81.0 cm³/mol. The van der Waals surface area contributed by atoms with E-state index in [1.54, 1.807) is 23.5 Å². The van der Waals surface area contributed by atoms with Crippen LogP contribution in [0.2, 0.25) is 0 Å². The van der Waals surface area contributed by atoms with Gasteiger partial charge < -0.3 is 0 Å². The Hall–Kier alpha value is -2.32. The van der Waals surface area contributed by atoms with E-state index >= 15 is 0 Å². The van der Waals surface area contributed by atoms with Crippen molar-refractivity contribution in [3.63, 3.8) is 0 Å². The average Bonchev–Trinajstić information content (AvgIpc) is 3.13. The molecule has 0 aliphatic carbocycles. The van der Waals surface area contributed by atoms with E-state index < -0.39 is 0 Å². The van der Waals surface area contributed by atoms with Crippen LogP contribution in [-0.4, -0.2) is 15.3 Å². The van der Waals surface area contributed by atoms with Crippen LogP contribution in [0.4, 0.5) is 5.69 Å². The highest BCUT2D eigenvalue weighted by Gasteiger charge is 2.15. The molecule has 0 saturated heterocycles. The van der Waals surface area contributed by atoms with Gasteiger partial charge in [0.2, 0.25) is 0 Å². The molecule has 21 heavy (non-hydrogen) atoms. The second-order valence-electron chi connectivity index (χ2n) is 4.19. The Bertz CT molecular complexity index is 930. The monoisotopic (exact) mass is 314 g/mol. The summed E-state index contributed by atoms with van der Waals surface area (Å²) in [5.41, 5.74) is 2.08. The van der Waals surface area contributed by atoms with Crippen LogP contribution in [0.1, 0.15) is 0 Å². The summed E-state index contributed by atoms with van der Waals surface area (Å²) in [6.45, 7) is 0. The highest BCUT2D eigenvalue weighted by Crippen LogP contribution is 2.38. The van der Waals surface area contributed by atoms with E-state index in [0.717, 1.165) is 19.5 Å². The van der Waals surface area contributed by atoms with E-state index in [-0.39, 0.29) is 5.69 Å². The van der Waals surface area contributed by atoms with E-state index in [9.17, 15) is 4.91 Å². The predicted octanol–water partition coefficient (Wildman–Crippen LogP) is 4.38. The van der Waals surface area contributed by atoms with E-state index in [1.807, 2.05) is 24.3 Å². The Balaban J connectivity index is 1.80. The first kappa shape index (κ1) is 12.4. The first-order valence-electron chi connectivity index (χ1n) is 5.97. The number of hydrogen-bond donors (Lipinski definition) is 0. The Labute approximate surface area is 126 Å². The van der Waals surface area contributed by atoms with Gasteiger partial charge in [0.05, 0.1) is 10.2 Å². The molecule has 0 aliphatic heterocycles. The molecule has 0 unspecified atom stereocenters. The van der Waals surface area contributed by atoms with E-state index in [4.69, 9.17) is 4.63 Å². The molecule has 0 amide bonds. The van der Waals surface area contributed by atoms with Crippen molar-refractivity contribution in [2.24, 2.45) is 5.18 Å². The summed E-state index contributed by atoms with van der Waals surface area (Å²) < 4.78 is 6.74. The Morgan fingerprint density at radius 3 is 2.81 bits per heavy atom. The summed E-state index contributed by atoms with van der Waals surface area (Å²) in [6.07, 6.45) is 0. The molecule has 0 aliphatic rings. The minimum absolute atomic E-state index is 0.222. The van der Waals surface area contributed by atoms with Gasteiger partial charge in [-0.15, -0.1) is 16.2 Å². The van der Waals surface area contributed by atoms with Gasteiger partial charge in [-0.05, 0) is 39.8 Å². The molecule has 102 valence electrons. The van der Waals surface area contributed by atoms with Crippen molar-refractivity contribution >= 4 is 50.0 Å². The molecule has 0 radical (unpaired) electrons. The lowest BCUT2D eigenvalue weighted by molar-refractivity contribution is 0.315. The smallest absolute Gasteiger partial charge is 0.165 e. The lowest BCUT2D eigenvalue weighted by Gasteiger charge is -1.97. The molecule has 0 saturated carbocycles. The molecule has 0 atom stereocenters. The van der Waals surface area contributed by atoms with Crippen molar-refractivity contribution < 1.29 is 4.63 Å². The highest BCUT2D eigenvalue weighted by atomic mass is 32.2. The highest BCUT2D eigenvalue weighted by molar-refractivity contribution is 8.01. The number of nitrogens with zero attached hydrogens (tertiary/aromatic N) is 4. The van der Waals surface area contributed by atoms with Crippen molar-refractivity contribution in [1.29, 1.82) is 0 Å². The zero-order valence-corrected chi connectivity index (χ0v) is 12.0. The van der Waals surface area contributed by atoms with Crippen LogP contribution in [0.3, 0.4) is 0 Å². The fourth-order valence-electron chi connectivity index (χ4n) is 1.98. The second-order valence-corrected chi connectivity index (χ2v) is 6.50. The molecule has 0 bridgehead atoms. The number of hydrogen-bond acceptors (Lipinski definition) is 8. The lowest BCUT2D eigenvalue weighted by Crippen LogP contribution is -1.78. The van der Waals surface area contributed by atoms with Gasteiger partial charge in [-0.25, -0.2) is 9.61 Å². The van der Waals surface area contributed by atoms with Crippen LogP contribution < -0.4 is 0 Å². The number of nitroso groups, excluding NO2 is 1. The summed E-state index contributed by atoms with van der Waals surface area (Å²) >= 11 is 3.07. The van der Waals surface area contributed by atoms with E-state index in [1.165, 1.54) is 11.8 Å². The largest absolute Gasteiger partial charge is 0.243 e. The van der Waals surface area contributed by atoms with Gasteiger partial charge in [0, 0.05) is 4.90 Å². The van der Waals surface area contributed by atoms with Crippen LogP contribution in [-0.2, 0) is 0 Å². The van der Waals surface area contributed by atoms with Gasteiger partial charge in [-0.1, -0.05) is 23.9 Å². The molecule has 2 aromatic carbocycles. The Morgan fingerprint density at radius 1 is 1.10 bits per heavy atom. The first-order valence-corrected chi connectivity index (χ1v) is 7.60. The van der Waals surface area contributed by atoms with E-state index in [2.05, 4.69) is 20.5 Å². The van der Waals surface area contributed by atoms with Crippen molar-refractivity contribution in [2.45, 2.75) is 9.24 Å². The molecule has 0 fully saturated rings. The van der Waals surface area contributed by atoms with Crippen molar-refractivity contribution in [3.05, 3.63) is 41.3 Å². The minimum Gasteiger partial charge on any atom is -0.243 e. The molecule has 2 aromatic heterocycles. The fraction of sp³-hybridized carbons (Fsp3) is 0. The molecule has 4 rings (SSSR count). The SMILES string of the molecule is O=Nc1ccc(Sc2nc3ccccc3s2)c2nonc12. The lowest BCUT2D eigenvalue weighted by atomic mass is 10.3. The van der Waals surface area contributed by atoms with Crippen LogP contribution >= 0.6 is 23.1 Å². The molecular weight excluding hydrogens is 308 g/mol. The quantitative estimate of drug-likeness (QED) is 0.522. The molecule has 2 heterocycles. The third-order valence-corrected chi connectivity index (χ3v) is 5.07. The summed E-state index contributed by atoms with van der Waals surface area (Å²) in [4.78, 5) is 16.1. The van der Waals surface area contributed by atoms with E-state index in [0.29, 0.717) is 11.0 Å². The number of aromatic nitrogens is 3. The van der Waals surface area contributed by atoms with Crippen LogP contribution in [0.25, 0.3) is 21.3 Å². The van der Waals surface area contributed by atoms with Crippen molar-refractivity contribution in [3.8, 4) is 0 Å². The summed E-state index contributed by atoms with van der Waals surface area (Å²) in [5.74, 6) is 0. The number of para-hydroxylation sites is 1. The number of rotatable bonds is 3. The fourth-order valence-corrected chi connectivity index (χ4v) is 4.08. The maximum absolute atomic E-state index is 10.7. The Morgan fingerprint density at radius 2 is 1.95 bits per heavy atom. The second kappa shape index (κ2) is 4.90. The van der Waals surface area contributed by atoms with Crippen LogP contribution in [0.15, 0.2) is 55.4 Å². The topological polar surface area (TPSA) is 81.2 Å². The molecule has 4 aromatic rings. The van der Waals surface area contributed by atoms with Crippen molar-refractivity contribution in [2.75, 3.05) is 0 Å². The van der Waals surface area contributed by atoms with Crippen LogP contribution in [0, 0.1) is 4.91 Å². The third kappa shape index (κ3) is 2.08. The van der Waals surface area contributed by atoms with Gasteiger partial charge in [0.15, 0.2) is 15.4 Å². The van der Waals surface area contributed by atoms with Gasteiger partial charge in [-0.3, -0.25) is 0 Å². The van der Waals surface area contributed by atoms with Gasteiger partial charge >= 0.3 is 0 Å². The molecule has 0 N–H and O–H groups in total. The van der Waals surface area contributed by atoms with Gasteiger partial charge in [0.25, 0.3) is 0 Å². The number of thiazole rings is 1. The molecule has 6 nitrogen and oxygen atoms in total. The van der Waals surface area contributed by atoms with Gasteiger partial charge in [0.1, 0.15) is 5.69 Å². The molecule has 0 spiro atoms. The van der Waals surface area contributed by atoms with Crippen LogP contribution in [0.5, 0.6) is 0 Å². The third-order valence-electron chi connectivity index (χ3n) is 2.93. The van der Waals surface area contributed by atoms with Gasteiger partial charge in [-0.2, -0.15) is 0 Å².